The molecule has 1 aliphatic rings. The Morgan fingerprint density at radius 3 is 2.16 bits per heavy atom. The number of aryl methyl sites for hydroxylation is 1. The Balaban J connectivity index is 1.42. The number of Topliss-reactive ketones (excluding diaryl/α,β-unsaturated/α-hetero) is 1. The highest BCUT2D eigenvalue weighted by molar-refractivity contribution is 5.94. The standard InChI is InChI=1S/C25H26N4O3/c1-18-3-5-20(6-4-18)17-29-24(31)12-11-23(26-29)25(32)28-15-13-27(14-16-28)22-9-7-21(8-10-22)19(2)30/h3-12H,13-17H2,1-2H3. The van der Waals surface area contributed by atoms with Crippen LogP contribution in [0, 0.1) is 6.92 Å². The van der Waals surface area contributed by atoms with Gasteiger partial charge in [0.25, 0.3) is 11.5 Å². The number of anilines is 1. The smallest absolute Gasteiger partial charge is 0.274 e. The second kappa shape index (κ2) is 9.18. The number of benzene rings is 2. The van der Waals surface area contributed by atoms with Crippen molar-refractivity contribution in [2.45, 2.75) is 20.4 Å². The Labute approximate surface area is 186 Å². The molecule has 2 heterocycles. The number of nitrogens with zero attached hydrogens (tertiary/aromatic N) is 4. The molecule has 0 aliphatic carbocycles. The van der Waals surface area contributed by atoms with E-state index in [2.05, 4.69) is 10.00 Å². The first-order chi connectivity index (χ1) is 15.4. The molecule has 1 aromatic heterocycles. The minimum Gasteiger partial charge on any atom is -0.368 e. The van der Waals surface area contributed by atoms with E-state index in [4.69, 9.17) is 0 Å². The van der Waals surface area contributed by atoms with Crippen LogP contribution in [0.2, 0.25) is 0 Å². The van der Waals surface area contributed by atoms with Gasteiger partial charge in [0, 0.05) is 43.5 Å². The summed E-state index contributed by atoms with van der Waals surface area (Å²) in [6.45, 7) is 6.39. The zero-order valence-corrected chi connectivity index (χ0v) is 18.3. The molecule has 0 radical (unpaired) electrons. The maximum atomic E-state index is 13.0. The Morgan fingerprint density at radius 1 is 0.875 bits per heavy atom. The highest BCUT2D eigenvalue weighted by Crippen LogP contribution is 2.18. The van der Waals surface area contributed by atoms with Crippen molar-refractivity contribution >= 4 is 17.4 Å². The highest BCUT2D eigenvalue weighted by atomic mass is 16.2. The van der Waals surface area contributed by atoms with Gasteiger partial charge in [0.1, 0.15) is 5.69 Å². The van der Waals surface area contributed by atoms with Gasteiger partial charge in [-0.2, -0.15) is 5.10 Å². The summed E-state index contributed by atoms with van der Waals surface area (Å²) in [6, 6.07) is 18.3. The topological polar surface area (TPSA) is 75.5 Å². The van der Waals surface area contributed by atoms with Crippen LogP contribution >= 0.6 is 0 Å². The molecular weight excluding hydrogens is 404 g/mol. The van der Waals surface area contributed by atoms with Crippen molar-refractivity contribution in [1.82, 2.24) is 14.7 Å². The van der Waals surface area contributed by atoms with Gasteiger partial charge < -0.3 is 9.80 Å². The van der Waals surface area contributed by atoms with Crippen LogP contribution < -0.4 is 10.5 Å². The van der Waals surface area contributed by atoms with Crippen molar-refractivity contribution in [3.8, 4) is 0 Å². The van der Waals surface area contributed by atoms with Crippen LogP contribution in [0.15, 0.2) is 65.5 Å². The number of piperazine rings is 1. The summed E-state index contributed by atoms with van der Waals surface area (Å²) in [6.07, 6.45) is 0. The first-order valence-corrected chi connectivity index (χ1v) is 10.7. The second-order valence-electron chi connectivity index (χ2n) is 8.08. The van der Waals surface area contributed by atoms with E-state index >= 15 is 0 Å². The van der Waals surface area contributed by atoms with Crippen molar-refractivity contribution < 1.29 is 9.59 Å². The van der Waals surface area contributed by atoms with Crippen LogP contribution in [0.4, 0.5) is 5.69 Å². The van der Waals surface area contributed by atoms with E-state index < -0.39 is 0 Å². The number of amides is 1. The fourth-order valence-electron chi connectivity index (χ4n) is 3.78. The average Bonchev–Trinajstić information content (AvgIpc) is 2.81. The maximum Gasteiger partial charge on any atom is 0.274 e. The summed E-state index contributed by atoms with van der Waals surface area (Å²) >= 11 is 0. The van der Waals surface area contributed by atoms with Crippen molar-refractivity contribution in [2.75, 3.05) is 31.1 Å². The minimum absolute atomic E-state index is 0.0446. The summed E-state index contributed by atoms with van der Waals surface area (Å²) in [5, 5.41) is 4.34. The number of aromatic nitrogens is 2. The van der Waals surface area contributed by atoms with Crippen LogP contribution in [-0.2, 0) is 6.54 Å². The molecule has 1 aliphatic heterocycles. The van der Waals surface area contributed by atoms with Crippen molar-refractivity contribution in [3.05, 3.63) is 93.4 Å². The van der Waals surface area contributed by atoms with Crippen LogP contribution in [0.5, 0.6) is 0 Å². The predicted molar refractivity (Wildman–Crippen MR) is 123 cm³/mol. The molecule has 164 valence electrons. The Hall–Kier alpha value is -3.74. The quantitative estimate of drug-likeness (QED) is 0.582. The molecule has 0 unspecified atom stereocenters. The maximum absolute atomic E-state index is 13.0. The van der Waals surface area contributed by atoms with Crippen LogP contribution in [-0.4, -0.2) is 52.5 Å². The van der Waals surface area contributed by atoms with Crippen LogP contribution in [0.3, 0.4) is 0 Å². The lowest BCUT2D eigenvalue weighted by atomic mass is 10.1. The molecule has 0 atom stereocenters. The number of ketones is 1. The van der Waals surface area contributed by atoms with E-state index in [1.165, 1.54) is 16.8 Å². The fourth-order valence-corrected chi connectivity index (χ4v) is 3.78. The van der Waals surface area contributed by atoms with Crippen molar-refractivity contribution in [2.24, 2.45) is 0 Å². The Morgan fingerprint density at radius 2 is 1.53 bits per heavy atom. The minimum atomic E-state index is -0.235. The normalized spacial score (nSPS) is 13.8. The predicted octanol–water partition coefficient (Wildman–Crippen LogP) is 2.77. The van der Waals surface area contributed by atoms with E-state index in [0.717, 1.165) is 16.8 Å². The molecule has 3 aromatic rings. The van der Waals surface area contributed by atoms with Crippen LogP contribution in [0.1, 0.15) is 38.9 Å². The number of hydrogen-bond acceptors (Lipinski definition) is 5. The molecule has 0 saturated carbocycles. The molecule has 1 saturated heterocycles. The molecular formula is C25H26N4O3. The zero-order chi connectivity index (χ0) is 22.7. The van der Waals surface area contributed by atoms with E-state index in [-0.39, 0.29) is 22.9 Å². The number of hydrogen-bond donors (Lipinski definition) is 0. The van der Waals surface area contributed by atoms with Crippen molar-refractivity contribution in [1.29, 1.82) is 0 Å². The monoisotopic (exact) mass is 430 g/mol. The third-order valence-corrected chi connectivity index (χ3v) is 5.74. The van der Waals surface area contributed by atoms with E-state index in [1.54, 1.807) is 11.8 Å². The summed E-state index contributed by atoms with van der Waals surface area (Å²) < 4.78 is 1.34. The molecule has 7 nitrogen and oxygen atoms in total. The third-order valence-electron chi connectivity index (χ3n) is 5.74. The molecule has 1 amide bonds. The van der Waals surface area contributed by atoms with Gasteiger partial charge in [-0.1, -0.05) is 29.8 Å². The number of carbonyl (C=O) groups excluding carboxylic acids is 2. The van der Waals surface area contributed by atoms with E-state index in [0.29, 0.717) is 38.3 Å². The first kappa shape index (κ1) is 21.5. The average molecular weight is 431 g/mol. The van der Waals surface area contributed by atoms with Gasteiger partial charge in [-0.3, -0.25) is 14.4 Å². The third kappa shape index (κ3) is 4.77. The summed E-state index contributed by atoms with van der Waals surface area (Å²) in [7, 11) is 0. The van der Waals surface area contributed by atoms with Gasteiger partial charge in [0.05, 0.1) is 6.54 Å². The van der Waals surface area contributed by atoms with Gasteiger partial charge >= 0.3 is 0 Å². The zero-order valence-electron chi connectivity index (χ0n) is 18.3. The Kier molecular flexibility index (Phi) is 6.16. The van der Waals surface area contributed by atoms with Crippen molar-refractivity contribution in [3.63, 3.8) is 0 Å². The lowest BCUT2D eigenvalue weighted by Gasteiger charge is -2.36. The SMILES string of the molecule is CC(=O)c1ccc(N2CCN(C(=O)c3ccc(=O)n(Cc4ccc(C)cc4)n3)CC2)cc1. The molecule has 0 bridgehead atoms. The molecule has 0 spiro atoms. The molecule has 4 rings (SSSR count). The first-order valence-electron chi connectivity index (χ1n) is 10.7. The molecule has 1 fully saturated rings. The highest BCUT2D eigenvalue weighted by Gasteiger charge is 2.24. The number of rotatable bonds is 5. The fraction of sp³-hybridized carbons (Fsp3) is 0.280. The second-order valence-corrected chi connectivity index (χ2v) is 8.08. The van der Waals surface area contributed by atoms with E-state index in [9.17, 15) is 14.4 Å². The largest absolute Gasteiger partial charge is 0.368 e. The van der Waals surface area contributed by atoms with Gasteiger partial charge in [-0.05, 0) is 49.7 Å². The summed E-state index contributed by atoms with van der Waals surface area (Å²) in [4.78, 5) is 40.7. The van der Waals surface area contributed by atoms with E-state index in [1.807, 2.05) is 55.5 Å². The molecule has 0 N–H and O–H groups in total. The Bertz CT molecular complexity index is 1180. The van der Waals surface area contributed by atoms with Gasteiger partial charge in [-0.25, -0.2) is 4.68 Å². The van der Waals surface area contributed by atoms with Crippen LogP contribution in [0.25, 0.3) is 0 Å². The lowest BCUT2D eigenvalue weighted by Crippen LogP contribution is -2.49. The summed E-state index contributed by atoms with van der Waals surface area (Å²) in [5.41, 5.74) is 3.87. The molecule has 7 heteroatoms. The molecule has 32 heavy (non-hydrogen) atoms. The lowest BCUT2D eigenvalue weighted by molar-refractivity contribution is 0.0737. The number of carbonyl (C=O) groups is 2. The van der Waals surface area contributed by atoms with Gasteiger partial charge in [0.15, 0.2) is 5.78 Å². The van der Waals surface area contributed by atoms with Gasteiger partial charge in [-0.15, -0.1) is 0 Å². The summed E-state index contributed by atoms with van der Waals surface area (Å²) in [5.74, 6) is -0.127. The van der Waals surface area contributed by atoms with Gasteiger partial charge in [0.2, 0.25) is 0 Å². The molecule has 2 aromatic carbocycles.